The summed E-state index contributed by atoms with van der Waals surface area (Å²) in [6.45, 7) is 3.47. The van der Waals surface area contributed by atoms with Crippen molar-refractivity contribution in [1.29, 1.82) is 0 Å². The van der Waals surface area contributed by atoms with Crippen molar-refractivity contribution in [1.82, 2.24) is 4.98 Å². The number of rotatable bonds is 8. The van der Waals surface area contributed by atoms with Gasteiger partial charge in [0.25, 0.3) is 5.91 Å². The molecule has 0 spiro atoms. The number of hydrogen-bond acceptors (Lipinski definition) is 7. The fourth-order valence-corrected chi connectivity index (χ4v) is 2.70. The largest absolute Gasteiger partial charge is 0.493 e. The van der Waals surface area contributed by atoms with Crippen molar-refractivity contribution in [3.8, 4) is 11.5 Å². The highest BCUT2D eigenvalue weighted by atomic mass is 32.1. The molecule has 1 heterocycles. The lowest BCUT2D eigenvalue weighted by molar-refractivity contribution is -0.118. The van der Waals surface area contributed by atoms with Crippen LogP contribution in [0.2, 0.25) is 0 Å². The summed E-state index contributed by atoms with van der Waals surface area (Å²) in [7, 11) is 2.81. The van der Waals surface area contributed by atoms with Gasteiger partial charge in [-0.1, -0.05) is 23.5 Å². The van der Waals surface area contributed by atoms with Gasteiger partial charge in [-0.25, -0.2) is 9.78 Å². The van der Waals surface area contributed by atoms with E-state index < -0.39 is 11.9 Å². The summed E-state index contributed by atoms with van der Waals surface area (Å²) in [4.78, 5) is 27.6. The normalized spacial score (nSPS) is 10.0. The molecule has 132 valence electrons. The van der Waals surface area contributed by atoms with E-state index >= 15 is 0 Å². The third kappa shape index (κ3) is 5.05. The minimum atomic E-state index is -0.501. The second kappa shape index (κ2) is 8.84. The van der Waals surface area contributed by atoms with Crippen LogP contribution in [0.3, 0.4) is 0 Å². The molecule has 0 fully saturated rings. The molecule has 0 saturated heterocycles. The average molecular weight is 362 g/mol. The summed E-state index contributed by atoms with van der Waals surface area (Å²) in [5, 5.41) is 2.86. The Hall–Kier alpha value is -2.87. The molecule has 0 bridgehead atoms. The highest BCUT2D eigenvalue weighted by Crippen LogP contribution is 2.28. The van der Waals surface area contributed by atoms with Gasteiger partial charge in [-0.2, -0.15) is 0 Å². The quantitative estimate of drug-likeness (QED) is 0.574. The Labute approximate surface area is 149 Å². The number of anilines is 1. The third-order valence-electron chi connectivity index (χ3n) is 3.11. The van der Waals surface area contributed by atoms with Crippen LogP contribution in [0.5, 0.6) is 11.5 Å². The van der Waals surface area contributed by atoms with Gasteiger partial charge >= 0.3 is 5.97 Å². The molecule has 1 aromatic heterocycles. The predicted molar refractivity (Wildman–Crippen MR) is 94.5 cm³/mol. The molecule has 0 radical (unpaired) electrons. The second-order valence-corrected chi connectivity index (χ2v) is 5.87. The maximum absolute atomic E-state index is 12.0. The molecule has 0 unspecified atom stereocenters. The van der Waals surface area contributed by atoms with Crippen LogP contribution < -0.4 is 14.8 Å². The van der Waals surface area contributed by atoms with Crippen LogP contribution in [0.15, 0.2) is 37.1 Å². The lowest BCUT2D eigenvalue weighted by atomic mass is 10.1. The van der Waals surface area contributed by atoms with Crippen LogP contribution in [0, 0.1) is 0 Å². The lowest BCUT2D eigenvalue weighted by Crippen LogP contribution is -2.20. The van der Waals surface area contributed by atoms with E-state index in [1.165, 1.54) is 20.4 Å². The third-order valence-corrected chi connectivity index (χ3v) is 4.00. The number of carbonyl (C=O) groups excluding carboxylic acids is 2. The monoisotopic (exact) mass is 362 g/mol. The van der Waals surface area contributed by atoms with E-state index in [0.717, 1.165) is 16.9 Å². The second-order valence-electron chi connectivity index (χ2n) is 4.84. The zero-order valence-corrected chi connectivity index (χ0v) is 14.7. The standard InChI is InChI=1S/C17H18N2O5S/c1-4-5-11-6-7-12(13(8-11)22-2)24-10-15(20)19-17-18-9-14(25-17)16(21)23-3/h4,6-9H,1,5,10H2,2-3H3,(H,18,19,20). The van der Waals surface area contributed by atoms with Gasteiger partial charge in [0.1, 0.15) is 4.88 Å². The van der Waals surface area contributed by atoms with Crippen molar-refractivity contribution in [2.24, 2.45) is 0 Å². The fraction of sp³-hybridized carbons (Fsp3) is 0.235. The number of carbonyl (C=O) groups is 2. The van der Waals surface area contributed by atoms with Crippen molar-refractivity contribution in [2.75, 3.05) is 26.1 Å². The first-order valence-electron chi connectivity index (χ1n) is 7.32. The van der Waals surface area contributed by atoms with Crippen LogP contribution in [0.4, 0.5) is 5.13 Å². The summed E-state index contributed by atoms with van der Waals surface area (Å²) in [5.41, 5.74) is 1.03. The first-order valence-corrected chi connectivity index (χ1v) is 8.13. The number of nitrogens with zero attached hydrogens (tertiary/aromatic N) is 1. The van der Waals surface area contributed by atoms with E-state index in [2.05, 4.69) is 21.6 Å². The van der Waals surface area contributed by atoms with E-state index in [1.54, 1.807) is 12.1 Å². The summed E-state index contributed by atoms with van der Waals surface area (Å²) in [6, 6.07) is 5.45. The van der Waals surface area contributed by atoms with Crippen molar-refractivity contribution < 1.29 is 23.8 Å². The highest BCUT2D eigenvalue weighted by Gasteiger charge is 2.13. The topological polar surface area (TPSA) is 86.8 Å². The first kappa shape index (κ1) is 18.5. The Morgan fingerprint density at radius 3 is 2.80 bits per heavy atom. The minimum Gasteiger partial charge on any atom is -0.493 e. The van der Waals surface area contributed by atoms with Crippen LogP contribution in [-0.4, -0.2) is 37.7 Å². The fourth-order valence-electron chi connectivity index (χ4n) is 1.95. The average Bonchev–Trinajstić information content (AvgIpc) is 3.08. The molecule has 25 heavy (non-hydrogen) atoms. The molecule has 0 aliphatic heterocycles. The maximum atomic E-state index is 12.0. The SMILES string of the molecule is C=CCc1ccc(OCC(=O)Nc2ncc(C(=O)OC)s2)c(OC)c1. The molecule has 2 rings (SSSR count). The molecule has 0 atom stereocenters. The van der Waals surface area contributed by atoms with E-state index in [9.17, 15) is 9.59 Å². The van der Waals surface area contributed by atoms with Crippen molar-refractivity contribution in [3.63, 3.8) is 0 Å². The highest BCUT2D eigenvalue weighted by molar-refractivity contribution is 7.17. The molecule has 8 heteroatoms. The molecule has 1 amide bonds. The van der Waals surface area contributed by atoms with E-state index in [-0.39, 0.29) is 6.61 Å². The Morgan fingerprint density at radius 1 is 1.32 bits per heavy atom. The summed E-state index contributed by atoms with van der Waals surface area (Å²) < 4.78 is 15.4. The van der Waals surface area contributed by atoms with E-state index in [4.69, 9.17) is 9.47 Å². The van der Waals surface area contributed by atoms with Gasteiger partial charge in [0, 0.05) is 0 Å². The molecular formula is C17H18N2O5S. The number of ether oxygens (including phenoxy) is 3. The summed E-state index contributed by atoms with van der Waals surface area (Å²) in [5.74, 6) is 0.0933. The zero-order valence-electron chi connectivity index (χ0n) is 13.9. The first-order chi connectivity index (χ1) is 12.1. The van der Waals surface area contributed by atoms with Gasteiger partial charge in [-0.3, -0.25) is 10.1 Å². The van der Waals surface area contributed by atoms with Gasteiger partial charge in [-0.15, -0.1) is 6.58 Å². The summed E-state index contributed by atoms with van der Waals surface area (Å²) >= 11 is 1.02. The van der Waals surface area contributed by atoms with Crippen molar-refractivity contribution in [3.05, 3.63) is 47.5 Å². The molecule has 0 aliphatic rings. The minimum absolute atomic E-state index is 0.218. The number of thiazole rings is 1. The smallest absolute Gasteiger partial charge is 0.349 e. The number of amides is 1. The predicted octanol–water partition coefficient (Wildman–Crippen LogP) is 2.68. The van der Waals surface area contributed by atoms with Gasteiger partial charge < -0.3 is 14.2 Å². The van der Waals surface area contributed by atoms with Crippen LogP contribution in [0.1, 0.15) is 15.2 Å². The molecule has 7 nitrogen and oxygen atoms in total. The Morgan fingerprint density at radius 2 is 2.12 bits per heavy atom. The van der Waals surface area contributed by atoms with E-state index in [0.29, 0.717) is 27.9 Å². The van der Waals surface area contributed by atoms with Crippen LogP contribution in [-0.2, 0) is 16.0 Å². The Kier molecular flexibility index (Phi) is 6.53. The number of allylic oxidation sites excluding steroid dienone is 1. The van der Waals surface area contributed by atoms with Gasteiger partial charge in [0.05, 0.1) is 20.4 Å². The number of hydrogen-bond donors (Lipinski definition) is 1. The van der Waals surface area contributed by atoms with Gasteiger partial charge in [0.2, 0.25) is 0 Å². The lowest BCUT2D eigenvalue weighted by Gasteiger charge is -2.11. The molecule has 1 N–H and O–H groups in total. The van der Waals surface area contributed by atoms with Gasteiger partial charge in [-0.05, 0) is 24.1 Å². The number of esters is 1. The van der Waals surface area contributed by atoms with Gasteiger partial charge in [0.15, 0.2) is 23.2 Å². The summed E-state index contributed by atoms with van der Waals surface area (Å²) in [6.07, 6.45) is 3.84. The van der Waals surface area contributed by atoms with E-state index in [1.807, 2.05) is 12.1 Å². The number of methoxy groups -OCH3 is 2. The Bertz CT molecular complexity index is 772. The van der Waals surface area contributed by atoms with Crippen molar-refractivity contribution >= 4 is 28.3 Å². The Balaban J connectivity index is 1.94. The molecule has 0 aliphatic carbocycles. The molecule has 2 aromatic rings. The molecule has 1 aromatic carbocycles. The number of benzene rings is 1. The molecular weight excluding hydrogens is 344 g/mol. The maximum Gasteiger partial charge on any atom is 0.349 e. The van der Waals surface area contributed by atoms with Crippen LogP contribution >= 0.6 is 11.3 Å². The molecule has 0 saturated carbocycles. The number of nitrogens with one attached hydrogen (secondary N) is 1. The van der Waals surface area contributed by atoms with Crippen LogP contribution in [0.25, 0.3) is 0 Å². The number of aromatic nitrogens is 1. The zero-order chi connectivity index (χ0) is 18.2. The van der Waals surface area contributed by atoms with Crippen molar-refractivity contribution in [2.45, 2.75) is 6.42 Å².